The molecule has 7 nitrogen and oxygen atoms in total. The lowest BCUT2D eigenvalue weighted by Gasteiger charge is -2.41. The van der Waals surface area contributed by atoms with E-state index in [1.165, 1.54) is 10.2 Å². The predicted octanol–water partition coefficient (Wildman–Crippen LogP) is 1.87. The number of aromatic nitrogens is 5. The summed E-state index contributed by atoms with van der Waals surface area (Å²) in [7, 11) is 2.12. The van der Waals surface area contributed by atoms with Crippen molar-refractivity contribution in [2.45, 2.75) is 25.9 Å². The molecule has 1 saturated heterocycles. The molecule has 7 heteroatoms. The average molecular weight is 337 g/mol. The Kier molecular flexibility index (Phi) is 4.31. The third-order valence-electron chi connectivity index (χ3n) is 5.11. The lowest BCUT2D eigenvalue weighted by molar-refractivity contribution is 0.155. The normalized spacial score (nSPS) is 21.5. The number of piperidine rings is 1. The van der Waals surface area contributed by atoms with Crippen molar-refractivity contribution in [3.05, 3.63) is 48.0 Å². The highest BCUT2D eigenvalue weighted by Crippen LogP contribution is 2.25. The van der Waals surface area contributed by atoms with E-state index in [-0.39, 0.29) is 0 Å². The first kappa shape index (κ1) is 16.0. The molecular formula is C18H23N7. The zero-order valence-corrected chi connectivity index (χ0v) is 14.7. The molecule has 3 heterocycles. The van der Waals surface area contributed by atoms with Gasteiger partial charge in [0.25, 0.3) is 0 Å². The van der Waals surface area contributed by atoms with Crippen LogP contribution in [0.3, 0.4) is 0 Å². The first-order valence-electron chi connectivity index (χ1n) is 8.75. The van der Waals surface area contributed by atoms with Crippen LogP contribution in [0.15, 0.2) is 42.5 Å². The number of fused-ring (bicyclic) bond motifs is 1. The Morgan fingerprint density at radius 1 is 1.16 bits per heavy atom. The van der Waals surface area contributed by atoms with Crippen LogP contribution in [0.4, 0.5) is 5.82 Å². The SMILES string of the molecule is C[C@@H]1CN(Cc2ccccc2)CC[C@H]1N(C)c1ccc2nnnn2n1. The number of benzene rings is 1. The van der Waals surface area contributed by atoms with E-state index in [4.69, 9.17) is 0 Å². The minimum Gasteiger partial charge on any atom is -0.355 e. The molecule has 2 aromatic heterocycles. The lowest BCUT2D eigenvalue weighted by atomic mass is 9.92. The van der Waals surface area contributed by atoms with Crippen molar-refractivity contribution in [2.75, 3.05) is 25.0 Å². The van der Waals surface area contributed by atoms with Crippen LogP contribution in [0.25, 0.3) is 5.65 Å². The van der Waals surface area contributed by atoms with Gasteiger partial charge in [0, 0.05) is 32.7 Å². The smallest absolute Gasteiger partial charge is 0.200 e. The molecule has 1 fully saturated rings. The quantitative estimate of drug-likeness (QED) is 0.724. The number of hydrogen-bond donors (Lipinski definition) is 0. The van der Waals surface area contributed by atoms with Crippen molar-refractivity contribution < 1.29 is 0 Å². The maximum absolute atomic E-state index is 4.52. The molecule has 0 amide bonds. The zero-order chi connectivity index (χ0) is 17.2. The van der Waals surface area contributed by atoms with Crippen LogP contribution in [-0.4, -0.2) is 56.3 Å². The molecule has 0 saturated carbocycles. The lowest BCUT2D eigenvalue weighted by Crippen LogP contribution is -2.49. The summed E-state index contributed by atoms with van der Waals surface area (Å²) in [4.78, 5) is 4.81. The van der Waals surface area contributed by atoms with Crippen molar-refractivity contribution >= 4 is 11.5 Å². The van der Waals surface area contributed by atoms with Crippen LogP contribution in [-0.2, 0) is 6.54 Å². The molecule has 130 valence electrons. The molecule has 2 atom stereocenters. The Morgan fingerprint density at radius 2 is 2.00 bits per heavy atom. The number of tetrazole rings is 1. The van der Waals surface area contributed by atoms with E-state index in [9.17, 15) is 0 Å². The Bertz CT molecular complexity index is 832. The standard InChI is InChI=1S/C18H23N7/c1-14-12-24(13-15-6-4-3-5-7-15)11-10-16(14)23(2)18-9-8-17-19-21-22-25(17)20-18/h3-9,14,16H,10-13H2,1-2H3/t14-,16-/m1/s1. The molecule has 1 aliphatic heterocycles. The van der Waals surface area contributed by atoms with E-state index in [0.29, 0.717) is 17.6 Å². The summed E-state index contributed by atoms with van der Waals surface area (Å²) in [5.74, 6) is 1.47. The van der Waals surface area contributed by atoms with E-state index in [1.807, 2.05) is 12.1 Å². The number of nitrogens with zero attached hydrogens (tertiary/aromatic N) is 7. The maximum atomic E-state index is 4.52. The molecule has 0 spiro atoms. The number of likely N-dealkylation sites (tertiary alicyclic amines) is 1. The fourth-order valence-corrected chi connectivity index (χ4v) is 3.78. The highest BCUT2D eigenvalue weighted by atomic mass is 15.6. The second-order valence-electron chi connectivity index (χ2n) is 6.88. The molecule has 4 rings (SSSR count). The van der Waals surface area contributed by atoms with Gasteiger partial charge in [0.1, 0.15) is 0 Å². The predicted molar refractivity (Wildman–Crippen MR) is 96.3 cm³/mol. The summed E-state index contributed by atoms with van der Waals surface area (Å²) in [5, 5.41) is 16.0. The molecule has 0 radical (unpaired) electrons. The van der Waals surface area contributed by atoms with Gasteiger partial charge in [0.2, 0.25) is 0 Å². The van der Waals surface area contributed by atoms with E-state index >= 15 is 0 Å². The van der Waals surface area contributed by atoms with Crippen LogP contribution in [0.2, 0.25) is 0 Å². The molecule has 0 N–H and O–H groups in total. The molecule has 0 unspecified atom stereocenters. The molecule has 3 aromatic rings. The number of rotatable bonds is 4. The topological polar surface area (TPSA) is 62.5 Å². The molecule has 0 bridgehead atoms. The van der Waals surface area contributed by atoms with Gasteiger partial charge in [-0.2, -0.15) is 0 Å². The van der Waals surface area contributed by atoms with Gasteiger partial charge in [0.05, 0.1) is 0 Å². The molecule has 1 aliphatic rings. The van der Waals surface area contributed by atoms with Gasteiger partial charge in [0.15, 0.2) is 11.5 Å². The first-order chi connectivity index (χ1) is 12.2. The molecular weight excluding hydrogens is 314 g/mol. The van der Waals surface area contributed by atoms with Gasteiger partial charge in [-0.25, -0.2) is 0 Å². The van der Waals surface area contributed by atoms with Crippen molar-refractivity contribution in [1.82, 2.24) is 30.2 Å². The third-order valence-corrected chi connectivity index (χ3v) is 5.11. The van der Waals surface area contributed by atoms with E-state index in [2.05, 4.69) is 74.7 Å². The van der Waals surface area contributed by atoms with Gasteiger partial charge in [-0.3, -0.25) is 4.90 Å². The summed E-state index contributed by atoms with van der Waals surface area (Å²) in [6.07, 6.45) is 1.12. The number of hydrogen-bond acceptors (Lipinski definition) is 6. The first-order valence-corrected chi connectivity index (χ1v) is 8.75. The average Bonchev–Trinajstić information content (AvgIpc) is 3.10. The Morgan fingerprint density at radius 3 is 2.80 bits per heavy atom. The second-order valence-corrected chi connectivity index (χ2v) is 6.88. The Hall–Kier alpha value is -2.54. The largest absolute Gasteiger partial charge is 0.355 e. The summed E-state index contributed by atoms with van der Waals surface area (Å²) in [6.45, 7) is 5.54. The van der Waals surface area contributed by atoms with Gasteiger partial charge in [-0.1, -0.05) is 37.3 Å². The van der Waals surface area contributed by atoms with Crippen molar-refractivity contribution in [1.29, 1.82) is 0 Å². The molecule has 0 aliphatic carbocycles. The zero-order valence-electron chi connectivity index (χ0n) is 14.7. The van der Waals surface area contributed by atoms with Crippen LogP contribution in [0.5, 0.6) is 0 Å². The van der Waals surface area contributed by atoms with Gasteiger partial charge < -0.3 is 4.90 Å². The van der Waals surface area contributed by atoms with Crippen LogP contribution in [0.1, 0.15) is 18.9 Å². The number of anilines is 1. The summed E-state index contributed by atoms with van der Waals surface area (Å²) in [5.41, 5.74) is 2.05. The van der Waals surface area contributed by atoms with Crippen LogP contribution >= 0.6 is 0 Å². The molecule has 1 aromatic carbocycles. The summed E-state index contributed by atoms with van der Waals surface area (Å²) < 4.78 is 1.49. The minimum absolute atomic E-state index is 0.466. The highest BCUT2D eigenvalue weighted by molar-refractivity contribution is 5.44. The van der Waals surface area contributed by atoms with E-state index in [1.54, 1.807) is 0 Å². The third kappa shape index (κ3) is 3.32. The maximum Gasteiger partial charge on any atom is 0.200 e. The minimum atomic E-state index is 0.466. The summed E-state index contributed by atoms with van der Waals surface area (Å²) >= 11 is 0. The van der Waals surface area contributed by atoms with Gasteiger partial charge in [-0.15, -0.1) is 14.8 Å². The van der Waals surface area contributed by atoms with Gasteiger partial charge >= 0.3 is 0 Å². The fraction of sp³-hybridized carbons (Fsp3) is 0.444. The van der Waals surface area contributed by atoms with Crippen molar-refractivity contribution in [2.24, 2.45) is 5.92 Å². The summed E-state index contributed by atoms with van der Waals surface area (Å²) in [6, 6.07) is 15.1. The second kappa shape index (κ2) is 6.76. The Labute approximate surface area is 147 Å². The van der Waals surface area contributed by atoms with Crippen molar-refractivity contribution in [3.63, 3.8) is 0 Å². The van der Waals surface area contributed by atoms with Crippen LogP contribution < -0.4 is 4.90 Å². The highest BCUT2D eigenvalue weighted by Gasteiger charge is 2.29. The van der Waals surface area contributed by atoms with Crippen LogP contribution in [0, 0.1) is 5.92 Å². The van der Waals surface area contributed by atoms with E-state index < -0.39 is 0 Å². The van der Waals surface area contributed by atoms with E-state index in [0.717, 1.165) is 31.9 Å². The fourth-order valence-electron chi connectivity index (χ4n) is 3.78. The van der Waals surface area contributed by atoms with Gasteiger partial charge in [-0.05, 0) is 40.5 Å². The van der Waals surface area contributed by atoms with Crippen molar-refractivity contribution in [3.8, 4) is 0 Å². The molecule has 25 heavy (non-hydrogen) atoms. The monoisotopic (exact) mass is 337 g/mol. The Balaban J connectivity index is 1.43.